The van der Waals surface area contributed by atoms with E-state index in [9.17, 15) is 17.6 Å². The van der Waals surface area contributed by atoms with Gasteiger partial charge >= 0.3 is 5.97 Å². The third kappa shape index (κ3) is 6.78. The maximum Gasteiger partial charge on any atom is 0.337 e. The highest BCUT2D eigenvalue weighted by molar-refractivity contribution is 7.89. The first-order valence-electron chi connectivity index (χ1n) is 12.2. The number of hydrogen-bond acceptors (Lipinski definition) is 6. The molecule has 0 aliphatic carbocycles. The Bertz CT molecular complexity index is 1360. The highest BCUT2D eigenvalue weighted by Crippen LogP contribution is 2.26. The zero-order valence-electron chi connectivity index (χ0n) is 21.3. The molecule has 0 N–H and O–H groups in total. The van der Waals surface area contributed by atoms with E-state index >= 15 is 0 Å². The molecule has 0 saturated carbocycles. The van der Waals surface area contributed by atoms with Gasteiger partial charge in [0.25, 0.3) is 0 Å². The molecule has 7 nitrogen and oxygen atoms in total. The summed E-state index contributed by atoms with van der Waals surface area (Å²) in [6, 6.07) is 18.6. The lowest BCUT2D eigenvalue weighted by molar-refractivity contribution is 0.00770. The minimum absolute atomic E-state index is 0.248. The Kier molecular flexibility index (Phi) is 9.17. The van der Waals surface area contributed by atoms with Crippen LogP contribution >= 0.6 is 11.6 Å². The van der Waals surface area contributed by atoms with E-state index < -0.39 is 21.8 Å². The number of methoxy groups -OCH3 is 1. The van der Waals surface area contributed by atoms with Crippen molar-refractivity contribution in [1.29, 1.82) is 0 Å². The quantitative estimate of drug-likeness (QED) is 0.349. The van der Waals surface area contributed by atoms with Gasteiger partial charge in [0.05, 0.1) is 25.4 Å². The van der Waals surface area contributed by atoms with Crippen LogP contribution in [0.15, 0.2) is 71.6 Å². The second kappa shape index (κ2) is 12.4. The third-order valence-corrected chi connectivity index (χ3v) is 8.69. The van der Waals surface area contributed by atoms with Gasteiger partial charge in [-0.3, -0.25) is 4.90 Å². The molecule has 0 radical (unpaired) electrons. The molecule has 3 aromatic rings. The molecule has 1 fully saturated rings. The molecule has 0 spiro atoms. The number of piperazine rings is 1. The van der Waals surface area contributed by atoms with Gasteiger partial charge in [-0.25, -0.2) is 17.6 Å². The van der Waals surface area contributed by atoms with E-state index in [2.05, 4.69) is 4.90 Å². The first-order valence-corrected chi connectivity index (χ1v) is 14.0. The molecule has 4 rings (SSSR count). The van der Waals surface area contributed by atoms with E-state index in [0.29, 0.717) is 42.4 Å². The number of carbonyl (C=O) groups excluding carboxylic acids is 1. The highest BCUT2D eigenvalue weighted by Gasteiger charge is 2.31. The third-order valence-electron chi connectivity index (χ3n) is 6.53. The van der Waals surface area contributed by atoms with Gasteiger partial charge in [0.2, 0.25) is 10.0 Å². The average Bonchev–Trinajstić information content (AvgIpc) is 2.93. The molecule has 0 amide bonds. The summed E-state index contributed by atoms with van der Waals surface area (Å²) in [6.45, 7) is 4.04. The summed E-state index contributed by atoms with van der Waals surface area (Å²) in [5, 5.41) is 0.619. The van der Waals surface area contributed by atoms with Crippen LogP contribution in [0.4, 0.5) is 4.39 Å². The van der Waals surface area contributed by atoms with E-state index in [0.717, 1.165) is 11.1 Å². The molecular formula is C28H30ClFN2O5S. The minimum Gasteiger partial charge on any atom is -0.465 e. The van der Waals surface area contributed by atoms with Crippen molar-refractivity contribution >= 4 is 27.6 Å². The van der Waals surface area contributed by atoms with Gasteiger partial charge in [-0.15, -0.1) is 0 Å². The molecule has 1 heterocycles. The van der Waals surface area contributed by atoms with Crippen LogP contribution in [0.3, 0.4) is 0 Å². The number of ether oxygens (including phenoxy) is 2. The van der Waals surface area contributed by atoms with Crippen molar-refractivity contribution in [2.24, 2.45) is 0 Å². The first kappa shape index (κ1) is 28.2. The molecule has 1 unspecified atom stereocenters. The van der Waals surface area contributed by atoms with Gasteiger partial charge in [-0.05, 0) is 60.0 Å². The van der Waals surface area contributed by atoms with Crippen molar-refractivity contribution < 1.29 is 27.1 Å². The normalized spacial score (nSPS) is 15.8. The zero-order valence-corrected chi connectivity index (χ0v) is 22.8. The fraction of sp³-hybridized carbons (Fsp3) is 0.321. The summed E-state index contributed by atoms with van der Waals surface area (Å²) in [5.74, 6) is -1.14. The predicted molar refractivity (Wildman–Crippen MR) is 143 cm³/mol. The maximum absolute atomic E-state index is 14.3. The molecule has 3 aromatic carbocycles. The zero-order chi connectivity index (χ0) is 27.3. The van der Waals surface area contributed by atoms with Gasteiger partial charge in [0.1, 0.15) is 10.7 Å². The topological polar surface area (TPSA) is 76.2 Å². The van der Waals surface area contributed by atoms with Crippen molar-refractivity contribution in [3.63, 3.8) is 0 Å². The van der Waals surface area contributed by atoms with Crippen LogP contribution in [0.1, 0.15) is 33.2 Å². The summed E-state index contributed by atoms with van der Waals surface area (Å²) < 4.78 is 52.9. The van der Waals surface area contributed by atoms with Crippen LogP contribution in [0, 0.1) is 12.7 Å². The van der Waals surface area contributed by atoms with Gasteiger partial charge < -0.3 is 9.47 Å². The van der Waals surface area contributed by atoms with E-state index in [4.69, 9.17) is 21.1 Å². The summed E-state index contributed by atoms with van der Waals surface area (Å²) >= 11 is 6.09. The molecule has 1 atom stereocenters. The molecule has 1 aliphatic rings. The van der Waals surface area contributed by atoms with Gasteiger partial charge in [0, 0.05) is 37.7 Å². The Hall–Kier alpha value is -2.82. The fourth-order valence-electron chi connectivity index (χ4n) is 4.32. The maximum atomic E-state index is 14.3. The molecule has 10 heteroatoms. The number of benzene rings is 3. The summed E-state index contributed by atoms with van der Waals surface area (Å²) in [4.78, 5) is 13.5. The smallest absolute Gasteiger partial charge is 0.337 e. The number of carbonyl (C=O) groups is 1. The number of rotatable bonds is 9. The van der Waals surface area contributed by atoms with Crippen molar-refractivity contribution in [3.05, 3.63) is 99.8 Å². The Morgan fingerprint density at radius 1 is 1.00 bits per heavy atom. The number of sulfonamides is 1. The monoisotopic (exact) mass is 560 g/mol. The average molecular weight is 561 g/mol. The van der Waals surface area contributed by atoms with Crippen LogP contribution in [0.25, 0.3) is 0 Å². The summed E-state index contributed by atoms with van der Waals surface area (Å²) in [5.41, 5.74) is 2.99. The van der Waals surface area contributed by atoms with Crippen molar-refractivity contribution in [3.8, 4) is 0 Å². The fourth-order valence-corrected chi connectivity index (χ4v) is 6.02. The van der Waals surface area contributed by atoms with Crippen LogP contribution in [-0.4, -0.2) is 63.4 Å². The Morgan fingerprint density at radius 2 is 1.66 bits per heavy atom. The van der Waals surface area contributed by atoms with Crippen molar-refractivity contribution in [2.75, 3.05) is 39.8 Å². The van der Waals surface area contributed by atoms with Gasteiger partial charge in [-0.1, -0.05) is 41.9 Å². The van der Waals surface area contributed by atoms with E-state index in [1.54, 1.807) is 37.3 Å². The summed E-state index contributed by atoms with van der Waals surface area (Å²) in [7, 11) is -2.59. The number of aryl methyl sites for hydroxylation is 1. The number of esters is 1. The van der Waals surface area contributed by atoms with E-state index in [1.165, 1.54) is 23.5 Å². The van der Waals surface area contributed by atoms with Crippen molar-refractivity contribution in [1.82, 2.24) is 9.21 Å². The molecular weight excluding hydrogens is 531 g/mol. The lowest BCUT2D eigenvalue weighted by atomic mass is 10.1. The standard InChI is InChI=1S/C28H30ClFN2O5S/c1-20-3-12-25(30)27(17-20)38(34,35)32-15-13-31(14-16-32)18-26(22-8-10-24(29)11-9-22)37-19-21-4-6-23(7-5-21)28(33)36-2/h3-12,17,26H,13-16,18-19H2,1-2H3. The Labute approximate surface area is 227 Å². The number of nitrogens with zero attached hydrogens (tertiary/aromatic N) is 2. The predicted octanol–water partition coefficient (Wildman–Crippen LogP) is 4.84. The van der Waals surface area contributed by atoms with Crippen LogP contribution < -0.4 is 0 Å². The lowest BCUT2D eigenvalue weighted by Gasteiger charge is -2.36. The van der Waals surface area contributed by atoms with E-state index in [1.807, 2.05) is 24.3 Å². The Morgan fingerprint density at radius 3 is 2.29 bits per heavy atom. The molecule has 1 aliphatic heterocycles. The van der Waals surface area contributed by atoms with E-state index in [-0.39, 0.29) is 24.1 Å². The second-order valence-corrected chi connectivity index (χ2v) is 11.5. The molecule has 1 saturated heterocycles. The number of halogens is 2. The first-order chi connectivity index (χ1) is 18.2. The lowest BCUT2D eigenvalue weighted by Crippen LogP contribution is -2.49. The molecule has 0 bridgehead atoms. The Balaban J connectivity index is 1.42. The van der Waals surface area contributed by atoms with Gasteiger partial charge in [-0.2, -0.15) is 4.31 Å². The largest absolute Gasteiger partial charge is 0.465 e. The summed E-state index contributed by atoms with van der Waals surface area (Å²) in [6.07, 6.45) is -0.301. The highest BCUT2D eigenvalue weighted by atomic mass is 35.5. The molecule has 0 aromatic heterocycles. The van der Waals surface area contributed by atoms with Crippen LogP contribution in [0.5, 0.6) is 0 Å². The molecule has 38 heavy (non-hydrogen) atoms. The van der Waals surface area contributed by atoms with Crippen LogP contribution in [0.2, 0.25) is 5.02 Å². The minimum atomic E-state index is -3.93. The van der Waals surface area contributed by atoms with Gasteiger partial charge in [0.15, 0.2) is 0 Å². The SMILES string of the molecule is COC(=O)c1ccc(COC(CN2CCN(S(=O)(=O)c3cc(C)ccc3F)CC2)c2ccc(Cl)cc2)cc1. The number of hydrogen-bond donors (Lipinski definition) is 0. The van der Waals surface area contributed by atoms with Crippen LogP contribution in [-0.2, 0) is 26.1 Å². The van der Waals surface area contributed by atoms with Crippen molar-refractivity contribution in [2.45, 2.75) is 24.5 Å². The molecule has 202 valence electrons. The second-order valence-electron chi connectivity index (χ2n) is 9.18.